The molecule has 8 nitrogen and oxygen atoms in total. The molecule has 0 saturated carbocycles. The molecule has 3 amide bonds. The number of anilines is 1. The molecule has 0 bridgehead atoms. The van der Waals surface area contributed by atoms with Crippen LogP contribution in [0.15, 0.2) is 48.5 Å². The van der Waals surface area contributed by atoms with Gasteiger partial charge in [0.25, 0.3) is 5.91 Å². The van der Waals surface area contributed by atoms with Gasteiger partial charge in [0.05, 0.1) is 7.11 Å². The topological polar surface area (TPSA) is 97.0 Å². The van der Waals surface area contributed by atoms with Gasteiger partial charge < -0.3 is 25.0 Å². The minimum Gasteiger partial charge on any atom is -0.497 e. The highest BCUT2D eigenvalue weighted by Crippen LogP contribution is 2.29. The third-order valence-corrected chi connectivity index (χ3v) is 7.09. The van der Waals surface area contributed by atoms with Crippen molar-refractivity contribution in [3.8, 4) is 5.75 Å². The zero-order valence-electron chi connectivity index (χ0n) is 26.1. The summed E-state index contributed by atoms with van der Waals surface area (Å²) in [6.07, 6.45) is 3.73. The molecule has 8 heteroatoms. The molecule has 0 radical (unpaired) electrons. The second-order valence-corrected chi connectivity index (χ2v) is 11.6. The van der Waals surface area contributed by atoms with Crippen LogP contribution in [-0.4, -0.2) is 48.1 Å². The summed E-state index contributed by atoms with van der Waals surface area (Å²) >= 11 is 0. The Morgan fingerprint density at radius 1 is 0.951 bits per heavy atom. The molecule has 3 atom stereocenters. The smallest absolute Gasteiger partial charge is 0.408 e. The number of nitrogens with zero attached hydrogens (tertiary/aromatic N) is 1. The molecule has 2 aromatic carbocycles. The molecule has 2 N–H and O–H groups in total. The van der Waals surface area contributed by atoms with Gasteiger partial charge in [-0.2, -0.15) is 0 Å². The van der Waals surface area contributed by atoms with Gasteiger partial charge in [-0.1, -0.05) is 70.7 Å². The Balaban J connectivity index is 2.55. The summed E-state index contributed by atoms with van der Waals surface area (Å²) in [5.41, 5.74) is 1.52. The van der Waals surface area contributed by atoms with Crippen molar-refractivity contribution in [2.45, 2.75) is 98.3 Å². The number of ether oxygens (including phenoxy) is 2. The Labute approximate surface area is 246 Å². The summed E-state index contributed by atoms with van der Waals surface area (Å²) in [6.45, 7) is 13.7. The van der Waals surface area contributed by atoms with Crippen LogP contribution in [-0.2, 0) is 14.3 Å². The van der Waals surface area contributed by atoms with Crippen LogP contribution in [0, 0.1) is 12.8 Å². The lowest BCUT2D eigenvalue weighted by atomic mass is 9.94. The number of alkyl carbamates (subject to hydrolysis) is 1. The van der Waals surface area contributed by atoms with Gasteiger partial charge in [-0.05, 0) is 75.4 Å². The standard InChI is InChI=1S/C33H49N3O5/c1-9-11-12-15-22-36(31(38)28(23(3)10-2)35-32(39)41-33(5,6)7)29(27-17-14-13-16-24(27)4)30(37)34-25-18-20-26(40-8)21-19-25/h13-14,16-21,23,28-29H,9-12,15,22H2,1-8H3,(H,34,37)(H,35,39). The van der Waals surface area contributed by atoms with Crippen molar-refractivity contribution in [1.29, 1.82) is 0 Å². The monoisotopic (exact) mass is 567 g/mol. The normalized spacial score (nSPS) is 13.5. The van der Waals surface area contributed by atoms with Crippen molar-refractivity contribution in [2.75, 3.05) is 19.0 Å². The number of carbonyl (C=O) groups excluding carboxylic acids is 3. The fourth-order valence-electron chi connectivity index (χ4n) is 4.60. The van der Waals surface area contributed by atoms with Crippen LogP contribution in [0.4, 0.5) is 10.5 Å². The molecule has 226 valence electrons. The first-order valence-corrected chi connectivity index (χ1v) is 14.7. The Kier molecular flexibility index (Phi) is 13.2. The fourth-order valence-corrected chi connectivity index (χ4v) is 4.60. The maximum atomic E-state index is 14.4. The predicted molar refractivity (Wildman–Crippen MR) is 164 cm³/mol. The summed E-state index contributed by atoms with van der Waals surface area (Å²) < 4.78 is 10.8. The summed E-state index contributed by atoms with van der Waals surface area (Å²) in [4.78, 5) is 43.0. The molecule has 0 spiro atoms. The van der Waals surface area contributed by atoms with Crippen LogP contribution in [0.2, 0.25) is 0 Å². The van der Waals surface area contributed by atoms with Crippen LogP contribution in [0.5, 0.6) is 5.75 Å². The lowest BCUT2D eigenvalue weighted by Gasteiger charge is -2.36. The molecule has 0 heterocycles. The average molecular weight is 568 g/mol. The average Bonchev–Trinajstić information content (AvgIpc) is 2.92. The van der Waals surface area contributed by atoms with Crippen molar-refractivity contribution in [1.82, 2.24) is 10.2 Å². The van der Waals surface area contributed by atoms with E-state index in [9.17, 15) is 14.4 Å². The number of rotatable bonds is 14. The summed E-state index contributed by atoms with van der Waals surface area (Å²) in [5, 5.41) is 5.84. The van der Waals surface area contributed by atoms with E-state index in [1.807, 2.05) is 45.0 Å². The first-order chi connectivity index (χ1) is 19.4. The second kappa shape index (κ2) is 16.0. The molecule has 0 aliphatic heterocycles. The Bertz CT molecular complexity index is 1130. The first kappa shape index (κ1) is 33.7. The highest BCUT2D eigenvalue weighted by atomic mass is 16.6. The largest absolute Gasteiger partial charge is 0.497 e. The van der Waals surface area contributed by atoms with Crippen molar-refractivity contribution in [3.05, 3.63) is 59.7 Å². The number of methoxy groups -OCH3 is 1. The van der Waals surface area contributed by atoms with Crippen molar-refractivity contribution >= 4 is 23.6 Å². The fraction of sp³-hybridized carbons (Fsp3) is 0.545. The van der Waals surface area contributed by atoms with Crippen molar-refractivity contribution in [2.24, 2.45) is 5.92 Å². The van der Waals surface area contributed by atoms with Gasteiger partial charge >= 0.3 is 6.09 Å². The number of benzene rings is 2. The SMILES string of the molecule is CCCCCCN(C(=O)C(NC(=O)OC(C)(C)C)C(C)CC)C(C(=O)Nc1ccc(OC)cc1)c1ccccc1C. The van der Waals surface area contributed by atoms with Gasteiger partial charge in [0.15, 0.2) is 0 Å². The first-order valence-electron chi connectivity index (χ1n) is 14.7. The zero-order chi connectivity index (χ0) is 30.6. The molecule has 41 heavy (non-hydrogen) atoms. The third kappa shape index (κ3) is 10.4. The third-order valence-electron chi connectivity index (χ3n) is 7.09. The van der Waals surface area contributed by atoms with Crippen LogP contribution >= 0.6 is 0 Å². The molecular formula is C33H49N3O5. The minimum atomic E-state index is -0.903. The van der Waals surface area contributed by atoms with E-state index in [1.165, 1.54) is 0 Å². The van der Waals surface area contributed by atoms with Crippen LogP contribution < -0.4 is 15.4 Å². The second-order valence-electron chi connectivity index (χ2n) is 11.6. The van der Waals surface area contributed by atoms with E-state index >= 15 is 0 Å². The number of hydrogen-bond acceptors (Lipinski definition) is 5. The predicted octanol–water partition coefficient (Wildman–Crippen LogP) is 7.03. The van der Waals surface area contributed by atoms with E-state index in [0.29, 0.717) is 24.4 Å². The number of aryl methyl sites for hydroxylation is 1. The van der Waals surface area contributed by atoms with E-state index in [2.05, 4.69) is 17.6 Å². The quantitative estimate of drug-likeness (QED) is 0.239. The van der Waals surface area contributed by atoms with Gasteiger partial charge in [-0.3, -0.25) is 9.59 Å². The Morgan fingerprint density at radius 2 is 1.61 bits per heavy atom. The van der Waals surface area contributed by atoms with Crippen molar-refractivity contribution < 1.29 is 23.9 Å². The molecule has 0 fully saturated rings. The summed E-state index contributed by atoms with van der Waals surface area (Å²) in [6, 6.07) is 12.9. The van der Waals surface area contributed by atoms with Gasteiger partial charge in [-0.25, -0.2) is 4.79 Å². The maximum Gasteiger partial charge on any atom is 0.408 e. The van der Waals surface area contributed by atoms with Crippen LogP contribution in [0.1, 0.15) is 90.8 Å². The highest BCUT2D eigenvalue weighted by Gasteiger charge is 2.38. The number of nitrogens with one attached hydrogen (secondary N) is 2. The van der Waals surface area contributed by atoms with Crippen molar-refractivity contribution in [3.63, 3.8) is 0 Å². The lowest BCUT2D eigenvalue weighted by Crippen LogP contribution is -2.55. The number of carbonyl (C=O) groups is 3. The van der Waals surface area contributed by atoms with E-state index in [0.717, 1.165) is 36.8 Å². The van der Waals surface area contributed by atoms with Gasteiger partial charge in [-0.15, -0.1) is 0 Å². The Morgan fingerprint density at radius 3 is 2.17 bits per heavy atom. The molecule has 3 unspecified atom stereocenters. The van der Waals surface area contributed by atoms with E-state index in [4.69, 9.17) is 9.47 Å². The molecule has 0 saturated heterocycles. The van der Waals surface area contributed by atoms with Crippen LogP contribution in [0.25, 0.3) is 0 Å². The molecule has 0 aliphatic carbocycles. The Hall–Kier alpha value is -3.55. The number of hydrogen-bond donors (Lipinski definition) is 2. The maximum absolute atomic E-state index is 14.4. The molecule has 0 aliphatic rings. The highest BCUT2D eigenvalue weighted by molar-refractivity contribution is 5.99. The number of amides is 3. The summed E-state index contributed by atoms with van der Waals surface area (Å²) in [7, 11) is 1.59. The molecule has 0 aromatic heterocycles. The minimum absolute atomic E-state index is 0.185. The lowest BCUT2D eigenvalue weighted by molar-refractivity contribution is -0.142. The van der Waals surface area contributed by atoms with Gasteiger partial charge in [0.1, 0.15) is 23.4 Å². The summed E-state index contributed by atoms with van der Waals surface area (Å²) in [5.74, 6) is -0.139. The van der Waals surface area contributed by atoms with Gasteiger partial charge in [0.2, 0.25) is 5.91 Å². The van der Waals surface area contributed by atoms with Gasteiger partial charge in [0, 0.05) is 12.2 Å². The van der Waals surface area contributed by atoms with E-state index in [-0.39, 0.29) is 17.7 Å². The molecule has 2 rings (SSSR count). The zero-order valence-corrected chi connectivity index (χ0v) is 26.1. The van der Waals surface area contributed by atoms with E-state index < -0.39 is 23.8 Å². The van der Waals surface area contributed by atoms with Crippen LogP contribution in [0.3, 0.4) is 0 Å². The molecular weight excluding hydrogens is 518 g/mol. The molecule has 2 aromatic rings. The van der Waals surface area contributed by atoms with E-state index in [1.54, 1.807) is 57.0 Å². The number of unbranched alkanes of at least 4 members (excludes halogenated alkanes) is 3.